The molecule has 1 fully saturated rings. The van der Waals surface area contributed by atoms with Gasteiger partial charge in [-0.2, -0.15) is 0 Å². The number of amides is 2. The molecule has 1 unspecified atom stereocenters. The molecule has 2 amide bonds. The molecule has 0 bridgehead atoms. The number of urea groups is 1. The van der Waals surface area contributed by atoms with E-state index in [1.807, 2.05) is 32.3 Å². The molecule has 168 valence electrons. The summed E-state index contributed by atoms with van der Waals surface area (Å²) >= 11 is 0. The van der Waals surface area contributed by atoms with Crippen LogP contribution in [0, 0.1) is 0 Å². The fourth-order valence-corrected chi connectivity index (χ4v) is 3.93. The number of carbonyl (C=O) groups is 1. The predicted molar refractivity (Wildman–Crippen MR) is 124 cm³/mol. The van der Waals surface area contributed by atoms with Crippen LogP contribution in [-0.2, 0) is 6.54 Å². The van der Waals surface area contributed by atoms with Gasteiger partial charge < -0.3 is 25.0 Å². The zero-order chi connectivity index (χ0) is 22.2. The molecule has 7 heteroatoms. The van der Waals surface area contributed by atoms with E-state index in [1.54, 1.807) is 14.2 Å². The molecule has 1 saturated heterocycles. The third-order valence-corrected chi connectivity index (χ3v) is 5.73. The van der Waals surface area contributed by atoms with Crippen LogP contribution in [0.2, 0.25) is 0 Å². The van der Waals surface area contributed by atoms with Gasteiger partial charge in [-0.05, 0) is 61.3 Å². The lowest BCUT2D eigenvalue weighted by Gasteiger charge is -2.28. The maximum Gasteiger partial charge on any atom is 0.315 e. The van der Waals surface area contributed by atoms with Crippen molar-refractivity contribution in [2.45, 2.75) is 25.4 Å². The smallest absolute Gasteiger partial charge is 0.315 e. The van der Waals surface area contributed by atoms with Gasteiger partial charge in [0.05, 0.1) is 20.3 Å². The summed E-state index contributed by atoms with van der Waals surface area (Å²) in [5.41, 5.74) is 3.35. The Morgan fingerprint density at radius 3 is 2.29 bits per heavy atom. The Bertz CT molecular complexity index is 848. The molecule has 0 radical (unpaired) electrons. The number of methoxy groups -OCH3 is 2. The first-order valence-corrected chi connectivity index (χ1v) is 10.8. The van der Waals surface area contributed by atoms with Crippen LogP contribution in [0.5, 0.6) is 11.5 Å². The third-order valence-electron chi connectivity index (χ3n) is 5.73. The number of nitrogens with one attached hydrogen (secondary N) is 2. The first-order chi connectivity index (χ1) is 15.0. The molecule has 1 heterocycles. The minimum absolute atomic E-state index is 0.172. The van der Waals surface area contributed by atoms with Gasteiger partial charge in [0.25, 0.3) is 0 Å². The molecular weight excluding hydrogens is 392 g/mol. The van der Waals surface area contributed by atoms with E-state index in [4.69, 9.17) is 9.47 Å². The second-order valence-electron chi connectivity index (χ2n) is 8.00. The number of hydrogen-bond acceptors (Lipinski definition) is 5. The lowest BCUT2D eigenvalue weighted by molar-refractivity contribution is 0.220. The summed E-state index contributed by atoms with van der Waals surface area (Å²) in [6.45, 7) is 3.11. The summed E-state index contributed by atoms with van der Waals surface area (Å²) < 4.78 is 10.6. The van der Waals surface area contributed by atoms with Crippen molar-refractivity contribution < 1.29 is 14.3 Å². The Balaban J connectivity index is 1.58. The average Bonchev–Trinajstić information content (AvgIpc) is 3.32. The lowest BCUT2D eigenvalue weighted by Crippen LogP contribution is -2.41. The van der Waals surface area contributed by atoms with Crippen LogP contribution >= 0.6 is 0 Å². The Kier molecular flexibility index (Phi) is 8.00. The maximum atomic E-state index is 12.5. The third kappa shape index (κ3) is 6.04. The van der Waals surface area contributed by atoms with Crippen molar-refractivity contribution in [3.63, 3.8) is 0 Å². The summed E-state index contributed by atoms with van der Waals surface area (Å²) in [7, 11) is 7.29. The minimum atomic E-state index is -0.177. The first-order valence-electron chi connectivity index (χ1n) is 10.8. The number of carbonyl (C=O) groups excluding carboxylic acids is 1. The molecule has 2 N–H and O–H groups in total. The maximum absolute atomic E-state index is 12.5. The summed E-state index contributed by atoms with van der Waals surface area (Å²) in [4.78, 5) is 17.0. The minimum Gasteiger partial charge on any atom is -0.493 e. The Morgan fingerprint density at radius 2 is 1.68 bits per heavy atom. The van der Waals surface area contributed by atoms with E-state index in [0.29, 0.717) is 24.6 Å². The van der Waals surface area contributed by atoms with Crippen LogP contribution in [0.15, 0.2) is 42.5 Å². The van der Waals surface area contributed by atoms with Crippen LogP contribution in [-0.4, -0.2) is 58.9 Å². The van der Waals surface area contributed by atoms with Gasteiger partial charge in [0.2, 0.25) is 0 Å². The number of anilines is 1. The number of ether oxygens (including phenoxy) is 2. The molecule has 0 aromatic heterocycles. The van der Waals surface area contributed by atoms with E-state index in [1.165, 1.54) is 24.1 Å². The van der Waals surface area contributed by atoms with Gasteiger partial charge in [-0.25, -0.2) is 4.79 Å². The standard InChI is InChI=1S/C24H34N4O3/c1-27(2)20-10-8-19(9-11-20)21(28-13-5-6-14-28)17-26-24(29)25-16-18-7-12-22(30-3)23(15-18)31-4/h7-12,15,21H,5-6,13-14,16-17H2,1-4H3,(H2,25,26,29). The molecule has 0 spiro atoms. The van der Waals surface area contributed by atoms with Crippen molar-refractivity contribution in [2.24, 2.45) is 0 Å². The normalized spacial score (nSPS) is 14.7. The number of likely N-dealkylation sites (tertiary alicyclic amines) is 1. The van der Waals surface area contributed by atoms with E-state index >= 15 is 0 Å². The fourth-order valence-electron chi connectivity index (χ4n) is 3.93. The molecule has 1 aliphatic rings. The van der Waals surface area contributed by atoms with Crippen molar-refractivity contribution in [2.75, 3.05) is 52.8 Å². The van der Waals surface area contributed by atoms with E-state index in [9.17, 15) is 4.79 Å². The quantitative estimate of drug-likeness (QED) is 0.643. The van der Waals surface area contributed by atoms with Crippen LogP contribution < -0.4 is 25.0 Å². The van der Waals surface area contributed by atoms with Gasteiger partial charge in [-0.3, -0.25) is 4.90 Å². The van der Waals surface area contributed by atoms with Gasteiger partial charge >= 0.3 is 6.03 Å². The van der Waals surface area contributed by atoms with Crippen molar-refractivity contribution in [3.05, 3.63) is 53.6 Å². The van der Waals surface area contributed by atoms with Crippen LogP contribution in [0.4, 0.5) is 10.5 Å². The zero-order valence-electron chi connectivity index (χ0n) is 19.0. The molecule has 2 aromatic carbocycles. The molecule has 0 aliphatic carbocycles. The summed E-state index contributed by atoms with van der Waals surface area (Å²) in [5, 5.41) is 6.00. The Hall–Kier alpha value is -2.93. The summed E-state index contributed by atoms with van der Waals surface area (Å²) in [6.07, 6.45) is 2.41. The van der Waals surface area contributed by atoms with E-state index in [0.717, 1.165) is 18.7 Å². The molecule has 1 atom stereocenters. The van der Waals surface area contributed by atoms with Crippen LogP contribution in [0.3, 0.4) is 0 Å². The van der Waals surface area contributed by atoms with Crippen LogP contribution in [0.25, 0.3) is 0 Å². The van der Waals surface area contributed by atoms with Crippen molar-refractivity contribution >= 4 is 11.7 Å². The summed E-state index contributed by atoms with van der Waals surface area (Å²) in [6, 6.07) is 14.2. The second kappa shape index (κ2) is 10.9. The zero-order valence-corrected chi connectivity index (χ0v) is 19.0. The topological polar surface area (TPSA) is 66.1 Å². The van der Waals surface area contributed by atoms with Gasteiger partial charge in [0.15, 0.2) is 11.5 Å². The number of hydrogen-bond donors (Lipinski definition) is 2. The molecule has 31 heavy (non-hydrogen) atoms. The number of benzene rings is 2. The van der Waals surface area contributed by atoms with E-state index in [2.05, 4.69) is 44.7 Å². The highest BCUT2D eigenvalue weighted by atomic mass is 16.5. The van der Waals surface area contributed by atoms with Gasteiger partial charge in [0, 0.05) is 32.9 Å². The second-order valence-corrected chi connectivity index (χ2v) is 8.00. The Labute approximate surface area is 185 Å². The fraction of sp³-hybridized carbons (Fsp3) is 0.458. The van der Waals surface area contributed by atoms with E-state index < -0.39 is 0 Å². The van der Waals surface area contributed by atoms with Gasteiger partial charge in [-0.15, -0.1) is 0 Å². The highest BCUT2D eigenvalue weighted by Gasteiger charge is 2.24. The van der Waals surface area contributed by atoms with Crippen molar-refractivity contribution in [3.8, 4) is 11.5 Å². The highest BCUT2D eigenvalue weighted by molar-refractivity contribution is 5.74. The molecule has 2 aromatic rings. The highest BCUT2D eigenvalue weighted by Crippen LogP contribution is 2.28. The van der Waals surface area contributed by atoms with Crippen molar-refractivity contribution in [1.82, 2.24) is 15.5 Å². The molecule has 1 aliphatic heterocycles. The van der Waals surface area contributed by atoms with Gasteiger partial charge in [-0.1, -0.05) is 18.2 Å². The Morgan fingerprint density at radius 1 is 1.00 bits per heavy atom. The van der Waals surface area contributed by atoms with Crippen LogP contribution in [0.1, 0.15) is 30.0 Å². The van der Waals surface area contributed by atoms with E-state index in [-0.39, 0.29) is 12.1 Å². The lowest BCUT2D eigenvalue weighted by atomic mass is 10.0. The number of nitrogens with zero attached hydrogens (tertiary/aromatic N) is 2. The van der Waals surface area contributed by atoms with Crippen molar-refractivity contribution in [1.29, 1.82) is 0 Å². The first kappa shape index (κ1) is 22.7. The largest absolute Gasteiger partial charge is 0.493 e. The average molecular weight is 427 g/mol. The monoisotopic (exact) mass is 426 g/mol. The molecule has 7 nitrogen and oxygen atoms in total. The molecule has 0 saturated carbocycles. The SMILES string of the molecule is COc1ccc(CNC(=O)NCC(c2ccc(N(C)C)cc2)N2CCCC2)cc1OC. The summed E-state index contributed by atoms with van der Waals surface area (Å²) in [5.74, 6) is 1.32. The predicted octanol–water partition coefficient (Wildman–Crippen LogP) is 3.41. The molecule has 3 rings (SSSR count). The number of rotatable bonds is 9. The van der Waals surface area contributed by atoms with Gasteiger partial charge in [0.1, 0.15) is 0 Å². The molecular formula is C24H34N4O3.